The molecule has 0 bridgehead atoms. The molecule has 1 amide bonds. The number of carbonyl (C=O) groups excluding carboxylic acids is 1. The van der Waals surface area contributed by atoms with Gasteiger partial charge >= 0.3 is 0 Å². The summed E-state index contributed by atoms with van der Waals surface area (Å²) in [5.41, 5.74) is 1.73. The Morgan fingerprint density at radius 2 is 2.00 bits per heavy atom. The van der Waals surface area contributed by atoms with Crippen molar-refractivity contribution in [3.05, 3.63) is 66.4 Å². The summed E-state index contributed by atoms with van der Waals surface area (Å²) in [6, 6.07) is 8.16. The van der Waals surface area contributed by atoms with Crippen molar-refractivity contribution in [2.24, 2.45) is 0 Å². The molecule has 0 radical (unpaired) electrons. The number of carbonyl (C=O) groups is 1. The van der Waals surface area contributed by atoms with Crippen LogP contribution in [0.2, 0.25) is 0 Å². The number of aromatic nitrogens is 5. The van der Waals surface area contributed by atoms with Gasteiger partial charge in [-0.1, -0.05) is 6.07 Å². The minimum Gasteiger partial charge on any atom is -0.346 e. The predicted octanol–water partition coefficient (Wildman–Crippen LogP) is 3.33. The molecule has 1 aromatic carbocycles. The van der Waals surface area contributed by atoms with Gasteiger partial charge in [-0.15, -0.1) is 0 Å². The van der Waals surface area contributed by atoms with Crippen LogP contribution in [0.5, 0.6) is 0 Å². The zero-order chi connectivity index (χ0) is 25.6. The third kappa shape index (κ3) is 3.94. The van der Waals surface area contributed by atoms with Gasteiger partial charge in [-0.05, 0) is 31.0 Å². The smallest absolute Gasteiger partial charge is 0.256 e. The standard InChI is InChI=1S/C26H24F2N8O/c27-21-3-1-2-19(22(21)28)25(37)34-10-5-18(6-11-34)35-14-26(15-35,7-8-29)36-13-17(12-33-36)23-20-4-9-30-24(20)32-16-31-23/h1-4,9,12-13,16,18H,5-7,10-11,14-15H2,(H,30,31,32). The second-order valence-electron chi connectivity index (χ2n) is 9.72. The topological polar surface area (TPSA) is 107 Å². The Balaban J connectivity index is 1.13. The van der Waals surface area contributed by atoms with Crippen LogP contribution in [0, 0.1) is 23.0 Å². The van der Waals surface area contributed by atoms with Gasteiger partial charge in [0.2, 0.25) is 0 Å². The summed E-state index contributed by atoms with van der Waals surface area (Å²) in [7, 11) is 0. The van der Waals surface area contributed by atoms with Gasteiger partial charge < -0.3 is 9.88 Å². The molecule has 6 rings (SSSR count). The van der Waals surface area contributed by atoms with Crippen molar-refractivity contribution in [2.75, 3.05) is 26.2 Å². The Bertz CT molecular complexity index is 1510. The summed E-state index contributed by atoms with van der Waals surface area (Å²) >= 11 is 0. The quantitative estimate of drug-likeness (QED) is 0.449. The van der Waals surface area contributed by atoms with Crippen molar-refractivity contribution in [1.82, 2.24) is 34.5 Å². The van der Waals surface area contributed by atoms with Crippen molar-refractivity contribution in [2.45, 2.75) is 30.8 Å². The molecule has 2 aliphatic heterocycles. The molecule has 0 spiro atoms. The number of fused-ring (bicyclic) bond motifs is 1. The van der Waals surface area contributed by atoms with Gasteiger partial charge in [0.05, 0.1) is 29.9 Å². The van der Waals surface area contributed by atoms with Gasteiger partial charge in [-0.2, -0.15) is 10.4 Å². The molecule has 0 saturated carbocycles. The summed E-state index contributed by atoms with van der Waals surface area (Å²) in [6.45, 7) is 2.27. The highest BCUT2D eigenvalue weighted by Crippen LogP contribution is 2.37. The number of nitrogens with one attached hydrogen (secondary N) is 1. The van der Waals surface area contributed by atoms with E-state index in [0.717, 1.165) is 41.2 Å². The molecule has 2 saturated heterocycles. The van der Waals surface area contributed by atoms with Gasteiger partial charge in [0.25, 0.3) is 5.91 Å². The van der Waals surface area contributed by atoms with Crippen molar-refractivity contribution in [3.63, 3.8) is 0 Å². The van der Waals surface area contributed by atoms with E-state index < -0.39 is 23.1 Å². The van der Waals surface area contributed by atoms with Gasteiger partial charge in [-0.25, -0.2) is 18.7 Å². The summed E-state index contributed by atoms with van der Waals surface area (Å²) < 4.78 is 29.5. The fraction of sp³-hybridized carbons (Fsp3) is 0.346. The number of hydrogen-bond acceptors (Lipinski definition) is 6. The fourth-order valence-electron chi connectivity index (χ4n) is 5.53. The second-order valence-corrected chi connectivity index (χ2v) is 9.72. The average Bonchev–Trinajstić information content (AvgIpc) is 3.58. The molecular formula is C26H24F2N8O. The van der Waals surface area contributed by atoms with E-state index in [2.05, 4.69) is 31.0 Å². The molecule has 188 valence electrons. The molecule has 0 atom stereocenters. The minimum atomic E-state index is -1.10. The van der Waals surface area contributed by atoms with Crippen molar-refractivity contribution < 1.29 is 13.6 Å². The van der Waals surface area contributed by atoms with Crippen LogP contribution in [-0.2, 0) is 5.54 Å². The number of halogens is 2. The molecule has 0 unspecified atom stereocenters. The minimum absolute atomic E-state index is 0.231. The molecule has 1 N–H and O–H groups in total. The third-order valence-electron chi connectivity index (χ3n) is 7.55. The van der Waals surface area contributed by atoms with Crippen LogP contribution in [0.25, 0.3) is 22.3 Å². The summed E-state index contributed by atoms with van der Waals surface area (Å²) in [6.07, 6.45) is 8.82. The first-order valence-corrected chi connectivity index (χ1v) is 12.2. The number of piperidine rings is 1. The number of H-pyrrole nitrogens is 1. The van der Waals surface area contributed by atoms with E-state index in [1.165, 1.54) is 18.5 Å². The lowest BCUT2D eigenvalue weighted by atomic mass is 9.83. The molecule has 2 fully saturated rings. The lowest BCUT2D eigenvalue weighted by Gasteiger charge is -2.53. The molecule has 5 heterocycles. The Morgan fingerprint density at radius 1 is 1.19 bits per heavy atom. The molecule has 3 aromatic heterocycles. The van der Waals surface area contributed by atoms with Crippen LogP contribution in [0.4, 0.5) is 8.78 Å². The van der Waals surface area contributed by atoms with Crippen LogP contribution < -0.4 is 0 Å². The fourth-order valence-corrected chi connectivity index (χ4v) is 5.53. The second kappa shape index (κ2) is 9.05. The Hall–Kier alpha value is -4.17. The number of hydrogen-bond donors (Lipinski definition) is 1. The van der Waals surface area contributed by atoms with Gasteiger partial charge in [0.1, 0.15) is 17.5 Å². The largest absolute Gasteiger partial charge is 0.346 e. The number of benzene rings is 1. The monoisotopic (exact) mass is 502 g/mol. The number of aromatic amines is 1. The Morgan fingerprint density at radius 3 is 2.78 bits per heavy atom. The highest BCUT2D eigenvalue weighted by atomic mass is 19.2. The summed E-state index contributed by atoms with van der Waals surface area (Å²) in [5, 5.41) is 15.1. The van der Waals surface area contributed by atoms with E-state index in [1.54, 1.807) is 11.1 Å². The first kappa shape index (κ1) is 23.2. The van der Waals surface area contributed by atoms with E-state index in [1.807, 2.05) is 23.1 Å². The lowest BCUT2D eigenvalue weighted by molar-refractivity contribution is -0.0412. The van der Waals surface area contributed by atoms with Crippen molar-refractivity contribution in [3.8, 4) is 17.3 Å². The number of amides is 1. The van der Waals surface area contributed by atoms with Crippen molar-refractivity contribution >= 4 is 16.9 Å². The normalized spacial score (nSPS) is 18.0. The average molecular weight is 503 g/mol. The van der Waals surface area contributed by atoms with E-state index in [-0.39, 0.29) is 11.6 Å². The predicted molar refractivity (Wildman–Crippen MR) is 130 cm³/mol. The zero-order valence-electron chi connectivity index (χ0n) is 19.9. The molecule has 9 nitrogen and oxygen atoms in total. The third-order valence-corrected chi connectivity index (χ3v) is 7.55. The Labute approximate surface area is 211 Å². The van der Waals surface area contributed by atoms with E-state index in [9.17, 15) is 18.8 Å². The first-order chi connectivity index (χ1) is 18.0. The van der Waals surface area contributed by atoms with Gasteiger partial charge in [0.15, 0.2) is 11.6 Å². The number of nitriles is 1. The molecule has 11 heteroatoms. The number of rotatable bonds is 5. The highest BCUT2D eigenvalue weighted by Gasteiger charge is 2.48. The molecule has 0 aliphatic carbocycles. The molecular weight excluding hydrogens is 478 g/mol. The highest BCUT2D eigenvalue weighted by molar-refractivity contribution is 5.94. The van der Waals surface area contributed by atoms with Crippen LogP contribution in [0.1, 0.15) is 29.6 Å². The molecule has 2 aliphatic rings. The lowest BCUT2D eigenvalue weighted by Crippen LogP contribution is -2.66. The number of likely N-dealkylation sites (tertiary alicyclic amines) is 2. The number of nitrogens with zero attached hydrogens (tertiary/aromatic N) is 7. The van der Waals surface area contributed by atoms with E-state index >= 15 is 0 Å². The Kier molecular flexibility index (Phi) is 5.68. The molecule has 37 heavy (non-hydrogen) atoms. The summed E-state index contributed by atoms with van der Waals surface area (Å²) in [4.78, 5) is 28.4. The maximum atomic E-state index is 14.1. The van der Waals surface area contributed by atoms with Crippen LogP contribution in [0.3, 0.4) is 0 Å². The van der Waals surface area contributed by atoms with Gasteiger partial charge in [-0.3, -0.25) is 14.4 Å². The summed E-state index contributed by atoms with van der Waals surface area (Å²) in [5.74, 6) is -2.60. The van der Waals surface area contributed by atoms with Crippen LogP contribution in [0.15, 0.2) is 49.2 Å². The zero-order valence-corrected chi connectivity index (χ0v) is 19.9. The SMILES string of the molecule is N#CCC1(n2cc(-c3ncnc4[nH]ccc34)cn2)CN(C2CCN(C(=O)c3cccc(F)c3F)CC2)C1. The maximum Gasteiger partial charge on any atom is 0.256 e. The molecule has 4 aromatic rings. The van der Waals surface area contributed by atoms with E-state index in [4.69, 9.17) is 0 Å². The van der Waals surface area contributed by atoms with E-state index in [0.29, 0.717) is 32.6 Å². The first-order valence-electron chi connectivity index (χ1n) is 12.2. The van der Waals surface area contributed by atoms with Crippen LogP contribution in [-0.4, -0.2) is 72.7 Å². The van der Waals surface area contributed by atoms with Crippen molar-refractivity contribution in [1.29, 1.82) is 5.26 Å². The van der Waals surface area contributed by atoms with Gasteiger partial charge in [0, 0.05) is 55.6 Å². The van der Waals surface area contributed by atoms with Crippen LogP contribution >= 0.6 is 0 Å². The maximum absolute atomic E-state index is 14.1.